The van der Waals surface area contributed by atoms with Gasteiger partial charge in [0.15, 0.2) is 0 Å². The average molecular weight is 444 g/mol. The first kappa shape index (κ1) is 23.1. The van der Waals surface area contributed by atoms with Crippen LogP contribution in [-0.4, -0.2) is 56.8 Å². The number of hydrogen-bond acceptors (Lipinski definition) is 5. The van der Waals surface area contributed by atoms with E-state index in [0.29, 0.717) is 0 Å². The molecule has 4 rings (SSSR count). The fourth-order valence-corrected chi connectivity index (χ4v) is 4.58. The number of pyridine rings is 1. The Hall–Kier alpha value is -3.12. The number of amides is 1. The van der Waals surface area contributed by atoms with Crippen LogP contribution in [0.3, 0.4) is 0 Å². The van der Waals surface area contributed by atoms with Gasteiger partial charge < -0.3 is 4.90 Å². The topological polar surface area (TPSA) is 62.2 Å². The molecule has 1 atom stereocenters. The molecule has 3 aromatic rings. The Morgan fingerprint density at radius 3 is 2.48 bits per heavy atom. The molecule has 0 unspecified atom stereocenters. The maximum absolute atomic E-state index is 13.5. The van der Waals surface area contributed by atoms with Crippen molar-refractivity contribution in [2.75, 3.05) is 26.2 Å². The second-order valence-electron chi connectivity index (χ2n) is 8.72. The lowest BCUT2D eigenvalue weighted by molar-refractivity contribution is -0.134. The van der Waals surface area contributed by atoms with Crippen LogP contribution in [0.2, 0.25) is 0 Å². The lowest BCUT2D eigenvalue weighted by Crippen LogP contribution is -2.37. The molecule has 1 saturated heterocycles. The molecule has 0 saturated carbocycles. The van der Waals surface area contributed by atoms with Gasteiger partial charge in [0.05, 0.1) is 5.92 Å². The maximum Gasteiger partial charge on any atom is 0.227 e. The highest BCUT2D eigenvalue weighted by atomic mass is 16.2. The SMILES string of the molecule is CCCN1CCN(Cc2cnc(CC)nc2)C[C@H](Cc2ccccc2-c2ccncc2)C1=O. The van der Waals surface area contributed by atoms with Crippen molar-refractivity contribution >= 4 is 5.91 Å². The highest BCUT2D eigenvalue weighted by molar-refractivity contribution is 5.80. The van der Waals surface area contributed by atoms with E-state index in [9.17, 15) is 4.79 Å². The molecule has 0 aliphatic carbocycles. The average Bonchev–Trinajstić information content (AvgIpc) is 3.00. The van der Waals surface area contributed by atoms with Crippen LogP contribution in [0.5, 0.6) is 0 Å². The second kappa shape index (κ2) is 11.1. The summed E-state index contributed by atoms with van der Waals surface area (Å²) in [6.07, 6.45) is 10.0. The molecule has 172 valence electrons. The molecule has 0 spiro atoms. The molecule has 6 nitrogen and oxygen atoms in total. The number of rotatable bonds is 8. The number of aromatic nitrogens is 3. The third-order valence-corrected chi connectivity index (χ3v) is 6.28. The van der Waals surface area contributed by atoms with Gasteiger partial charge in [0.2, 0.25) is 5.91 Å². The molecule has 6 heteroatoms. The fourth-order valence-electron chi connectivity index (χ4n) is 4.58. The van der Waals surface area contributed by atoms with Gasteiger partial charge in [-0.25, -0.2) is 9.97 Å². The van der Waals surface area contributed by atoms with Gasteiger partial charge in [-0.1, -0.05) is 38.1 Å². The molecule has 0 radical (unpaired) electrons. The minimum absolute atomic E-state index is 0.0853. The predicted molar refractivity (Wildman–Crippen MR) is 130 cm³/mol. The Balaban J connectivity index is 1.57. The summed E-state index contributed by atoms with van der Waals surface area (Å²) >= 11 is 0. The molecule has 0 N–H and O–H groups in total. The van der Waals surface area contributed by atoms with Gasteiger partial charge in [-0.05, 0) is 41.7 Å². The molecule has 33 heavy (non-hydrogen) atoms. The Bertz CT molecular complexity index is 1040. The van der Waals surface area contributed by atoms with Gasteiger partial charge in [0.1, 0.15) is 5.82 Å². The van der Waals surface area contributed by atoms with Crippen LogP contribution in [0.1, 0.15) is 37.2 Å². The zero-order valence-electron chi connectivity index (χ0n) is 19.7. The highest BCUT2D eigenvalue weighted by Gasteiger charge is 2.30. The van der Waals surface area contributed by atoms with Gasteiger partial charge in [-0.15, -0.1) is 0 Å². The number of benzene rings is 1. The third kappa shape index (κ3) is 5.82. The number of hydrogen-bond donors (Lipinski definition) is 0. The first-order valence-corrected chi connectivity index (χ1v) is 12.0. The summed E-state index contributed by atoms with van der Waals surface area (Å²) in [6.45, 7) is 8.14. The van der Waals surface area contributed by atoms with Crippen molar-refractivity contribution in [2.45, 2.75) is 39.7 Å². The first-order valence-electron chi connectivity index (χ1n) is 12.0. The van der Waals surface area contributed by atoms with E-state index in [4.69, 9.17) is 0 Å². The monoisotopic (exact) mass is 443 g/mol. The van der Waals surface area contributed by atoms with E-state index in [-0.39, 0.29) is 11.8 Å². The zero-order valence-corrected chi connectivity index (χ0v) is 19.7. The Morgan fingerprint density at radius 2 is 1.76 bits per heavy atom. The summed E-state index contributed by atoms with van der Waals surface area (Å²) in [5.74, 6) is 1.05. The van der Waals surface area contributed by atoms with Crippen molar-refractivity contribution in [3.8, 4) is 11.1 Å². The Morgan fingerprint density at radius 1 is 1.00 bits per heavy atom. The molecule has 3 heterocycles. The number of carbonyl (C=O) groups excluding carboxylic acids is 1. The van der Waals surface area contributed by atoms with Crippen molar-refractivity contribution in [1.82, 2.24) is 24.8 Å². The molecule has 1 aliphatic heterocycles. The number of aryl methyl sites for hydroxylation is 1. The summed E-state index contributed by atoms with van der Waals surface area (Å²) in [6, 6.07) is 12.5. The standard InChI is InChI=1S/C27H33N5O/c1-3-13-32-15-14-31(19-21-17-29-26(4-2)30-18-21)20-24(27(32)33)16-23-7-5-6-8-25(23)22-9-11-28-12-10-22/h5-12,17-18,24H,3-4,13-16,19-20H2,1-2H3/t24-/m0/s1. The van der Waals surface area contributed by atoms with Crippen LogP contribution < -0.4 is 0 Å². The quantitative estimate of drug-likeness (QED) is 0.526. The van der Waals surface area contributed by atoms with Gasteiger partial charge >= 0.3 is 0 Å². The third-order valence-electron chi connectivity index (χ3n) is 6.28. The minimum atomic E-state index is -0.0853. The van der Waals surface area contributed by atoms with Crippen molar-refractivity contribution in [2.24, 2.45) is 5.92 Å². The molecule has 1 aromatic carbocycles. The lowest BCUT2D eigenvalue weighted by Gasteiger charge is -2.24. The smallest absolute Gasteiger partial charge is 0.227 e. The van der Waals surface area contributed by atoms with Gasteiger partial charge in [0.25, 0.3) is 0 Å². The van der Waals surface area contributed by atoms with Crippen LogP contribution in [0.15, 0.2) is 61.2 Å². The minimum Gasteiger partial charge on any atom is -0.341 e. The second-order valence-corrected chi connectivity index (χ2v) is 8.72. The largest absolute Gasteiger partial charge is 0.341 e. The van der Waals surface area contributed by atoms with Crippen LogP contribution in [-0.2, 0) is 24.2 Å². The maximum atomic E-state index is 13.5. The van der Waals surface area contributed by atoms with Gasteiger partial charge in [-0.3, -0.25) is 14.7 Å². The molecule has 1 fully saturated rings. The van der Waals surface area contributed by atoms with E-state index in [1.165, 1.54) is 11.1 Å². The van der Waals surface area contributed by atoms with Gasteiger partial charge in [0, 0.05) is 69.5 Å². The summed E-state index contributed by atoms with van der Waals surface area (Å²) < 4.78 is 0. The number of nitrogens with zero attached hydrogens (tertiary/aromatic N) is 5. The van der Waals surface area contributed by atoms with Crippen molar-refractivity contribution in [1.29, 1.82) is 0 Å². The zero-order chi connectivity index (χ0) is 23.0. The Labute approximate surface area is 196 Å². The van der Waals surface area contributed by atoms with E-state index in [1.54, 1.807) is 0 Å². The molecule has 1 amide bonds. The van der Waals surface area contributed by atoms with E-state index >= 15 is 0 Å². The van der Waals surface area contributed by atoms with Crippen molar-refractivity contribution in [3.63, 3.8) is 0 Å². The van der Waals surface area contributed by atoms with Crippen molar-refractivity contribution in [3.05, 3.63) is 78.1 Å². The molecular weight excluding hydrogens is 410 g/mol. The summed E-state index contributed by atoms with van der Waals surface area (Å²) in [5, 5.41) is 0. The predicted octanol–water partition coefficient (Wildman–Crippen LogP) is 4.01. The molecule has 0 bridgehead atoms. The fraction of sp³-hybridized carbons (Fsp3) is 0.407. The van der Waals surface area contributed by atoms with Crippen LogP contribution in [0, 0.1) is 5.92 Å². The van der Waals surface area contributed by atoms with Gasteiger partial charge in [-0.2, -0.15) is 0 Å². The highest BCUT2D eigenvalue weighted by Crippen LogP contribution is 2.27. The van der Waals surface area contributed by atoms with Crippen LogP contribution in [0.4, 0.5) is 0 Å². The summed E-state index contributed by atoms with van der Waals surface area (Å²) in [7, 11) is 0. The van der Waals surface area contributed by atoms with E-state index in [1.807, 2.05) is 36.9 Å². The van der Waals surface area contributed by atoms with E-state index in [2.05, 4.69) is 62.9 Å². The van der Waals surface area contributed by atoms with Crippen LogP contribution in [0.25, 0.3) is 11.1 Å². The first-order chi connectivity index (χ1) is 16.2. The molecular formula is C27H33N5O. The normalized spacial score (nSPS) is 17.2. The molecule has 2 aromatic heterocycles. The molecule has 1 aliphatic rings. The van der Waals surface area contributed by atoms with Crippen molar-refractivity contribution < 1.29 is 4.79 Å². The lowest BCUT2D eigenvalue weighted by atomic mass is 9.91. The van der Waals surface area contributed by atoms with E-state index < -0.39 is 0 Å². The Kier molecular flexibility index (Phi) is 7.79. The van der Waals surface area contributed by atoms with Crippen LogP contribution >= 0.6 is 0 Å². The number of carbonyl (C=O) groups is 1. The van der Waals surface area contributed by atoms with E-state index in [0.717, 1.165) is 68.9 Å². The summed E-state index contributed by atoms with van der Waals surface area (Å²) in [4.78, 5) is 31.0. The summed E-state index contributed by atoms with van der Waals surface area (Å²) in [5.41, 5.74) is 4.61.